The summed E-state index contributed by atoms with van der Waals surface area (Å²) in [7, 11) is 1.64. The summed E-state index contributed by atoms with van der Waals surface area (Å²) in [4.78, 5) is 7.91. The van der Waals surface area contributed by atoms with Crippen molar-refractivity contribution >= 4 is 16.6 Å². The molecule has 4 aromatic rings. The van der Waals surface area contributed by atoms with Crippen molar-refractivity contribution in [2.24, 2.45) is 0 Å². The van der Waals surface area contributed by atoms with Crippen LogP contribution in [0.4, 0.5) is 5.82 Å². The third-order valence-corrected chi connectivity index (χ3v) is 4.91. The first-order chi connectivity index (χ1) is 12.8. The van der Waals surface area contributed by atoms with Gasteiger partial charge in [-0.15, -0.1) is 0 Å². The third-order valence-electron chi connectivity index (χ3n) is 4.91. The Hall–Kier alpha value is -3.47. The molecule has 1 aliphatic heterocycles. The van der Waals surface area contributed by atoms with E-state index in [4.69, 9.17) is 15.2 Å². The van der Waals surface area contributed by atoms with E-state index in [0.29, 0.717) is 23.2 Å². The normalized spacial score (nSPS) is 15.2. The van der Waals surface area contributed by atoms with Gasteiger partial charge in [-0.25, -0.2) is 0 Å². The standard InChI is InChI=1S/C21H17N3O2/c1-25-16-10-4-8-14-17(15-9-5-11-23-15)18-12-6-2-3-7-13(12)20(22)24-21(18)26-19(14)16/h2-11,17,23H,1H3,(H2,22,24). The molecule has 128 valence electrons. The number of fused-ring (bicyclic) bond motifs is 4. The fourth-order valence-corrected chi connectivity index (χ4v) is 3.77. The second kappa shape index (κ2) is 5.52. The second-order valence-electron chi connectivity index (χ2n) is 6.30. The number of benzene rings is 2. The van der Waals surface area contributed by atoms with Crippen LogP contribution in [0.15, 0.2) is 60.8 Å². The number of hydrogen-bond acceptors (Lipinski definition) is 4. The summed E-state index contributed by atoms with van der Waals surface area (Å²) in [6.07, 6.45) is 1.93. The predicted octanol–water partition coefficient (Wildman–Crippen LogP) is 4.44. The first-order valence-corrected chi connectivity index (χ1v) is 8.44. The Morgan fingerprint density at radius 1 is 1.04 bits per heavy atom. The third kappa shape index (κ3) is 2.00. The molecule has 5 rings (SSSR count). The molecule has 0 aliphatic carbocycles. The van der Waals surface area contributed by atoms with Gasteiger partial charge >= 0.3 is 0 Å². The van der Waals surface area contributed by atoms with Gasteiger partial charge in [0.25, 0.3) is 0 Å². The molecule has 26 heavy (non-hydrogen) atoms. The van der Waals surface area contributed by atoms with Crippen molar-refractivity contribution in [2.45, 2.75) is 5.92 Å². The van der Waals surface area contributed by atoms with Gasteiger partial charge < -0.3 is 20.2 Å². The number of nitrogens with zero attached hydrogens (tertiary/aromatic N) is 1. The van der Waals surface area contributed by atoms with Crippen LogP contribution < -0.4 is 15.2 Å². The number of anilines is 1. The van der Waals surface area contributed by atoms with E-state index in [9.17, 15) is 0 Å². The SMILES string of the molecule is COc1cccc2c1Oc1nc(N)c3ccccc3c1C2c1ccc[nH]1. The molecule has 2 aromatic carbocycles. The highest BCUT2D eigenvalue weighted by Crippen LogP contribution is 2.52. The minimum Gasteiger partial charge on any atom is -0.493 e. The number of rotatable bonds is 2. The maximum absolute atomic E-state index is 6.20. The Morgan fingerprint density at radius 3 is 2.65 bits per heavy atom. The van der Waals surface area contributed by atoms with Gasteiger partial charge in [-0.05, 0) is 23.6 Å². The van der Waals surface area contributed by atoms with Gasteiger partial charge in [0.15, 0.2) is 11.5 Å². The number of ether oxygens (including phenoxy) is 2. The van der Waals surface area contributed by atoms with Crippen molar-refractivity contribution in [3.05, 3.63) is 77.6 Å². The molecule has 0 bridgehead atoms. The number of H-pyrrole nitrogens is 1. The summed E-state index contributed by atoms with van der Waals surface area (Å²) >= 11 is 0. The van der Waals surface area contributed by atoms with Crippen molar-refractivity contribution in [3.8, 4) is 17.4 Å². The van der Waals surface area contributed by atoms with Crippen LogP contribution in [-0.2, 0) is 0 Å². The minimum absolute atomic E-state index is 0.0446. The van der Waals surface area contributed by atoms with Crippen molar-refractivity contribution in [1.29, 1.82) is 0 Å². The predicted molar refractivity (Wildman–Crippen MR) is 101 cm³/mol. The molecule has 0 spiro atoms. The molecule has 0 radical (unpaired) electrons. The molecule has 5 heteroatoms. The van der Waals surface area contributed by atoms with Crippen molar-refractivity contribution < 1.29 is 9.47 Å². The summed E-state index contributed by atoms with van der Waals surface area (Å²) in [5.41, 5.74) is 9.32. The van der Waals surface area contributed by atoms with Gasteiger partial charge in [0.2, 0.25) is 5.88 Å². The Balaban J connectivity index is 1.89. The van der Waals surface area contributed by atoms with E-state index < -0.39 is 0 Å². The Labute approximate surface area is 150 Å². The summed E-state index contributed by atoms with van der Waals surface area (Å²) in [6.45, 7) is 0. The zero-order valence-electron chi connectivity index (χ0n) is 14.2. The fourth-order valence-electron chi connectivity index (χ4n) is 3.77. The summed E-state index contributed by atoms with van der Waals surface area (Å²) in [5, 5.41) is 1.97. The van der Waals surface area contributed by atoms with Crippen LogP contribution in [0.2, 0.25) is 0 Å². The van der Waals surface area contributed by atoms with Gasteiger partial charge in [0.1, 0.15) is 5.82 Å². The zero-order chi connectivity index (χ0) is 17.7. The molecular weight excluding hydrogens is 326 g/mol. The lowest BCUT2D eigenvalue weighted by molar-refractivity contribution is 0.363. The molecule has 3 N–H and O–H groups in total. The zero-order valence-corrected chi connectivity index (χ0v) is 14.2. The van der Waals surface area contributed by atoms with Crippen LogP contribution >= 0.6 is 0 Å². The second-order valence-corrected chi connectivity index (χ2v) is 6.30. The number of para-hydroxylation sites is 1. The topological polar surface area (TPSA) is 73.2 Å². The Morgan fingerprint density at radius 2 is 1.88 bits per heavy atom. The van der Waals surface area contributed by atoms with E-state index in [1.165, 1.54) is 0 Å². The average Bonchev–Trinajstić information content (AvgIpc) is 3.20. The van der Waals surface area contributed by atoms with Crippen LogP contribution in [0.3, 0.4) is 0 Å². The molecule has 1 unspecified atom stereocenters. The lowest BCUT2D eigenvalue weighted by atomic mass is 9.84. The summed E-state index contributed by atoms with van der Waals surface area (Å²) in [5.74, 6) is 2.31. The number of nitrogens with one attached hydrogen (secondary N) is 1. The number of hydrogen-bond donors (Lipinski definition) is 2. The maximum Gasteiger partial charge on any atom is 0.226 e. The lowest BCUT2D eigenvalue weighted by Crippen LogP contribution is -2.15. The van der Waals surface area contributed by atoms with Gasteiger partial charge in [0.05, 0.1) is 13.0 Å². The maximum atomic E-state index is 6.20. The van der Waals surface area contributed by atoms with E-state index in [0.717, 1.165) is 27.6 Å². The van der Waals surface area contributed by atoms with Crippen LogP contribution in [0.5, 0.6) is 17.4 Å². The van der Waals surface area contributed by atoms with E-state index in [1.54, 1.807) is 7.11 Å². The number of nitrogen functional groups attached to an aromatic ring is 1. The van der Waals surface area contributed by atoms with Crippen molar-refractivity contribution in [2.75, 3.05) is 12.8 Å². The van der Waals surface area contributed by atoms with Crippen molar-refractivity contribution in [3.63, 3.8) is 0 Å². The minimum atomic E-state index is -0.0446. The number of nitrogens with two attached hydrogens (primary N) is 1. The van der Waals surface area contributed by atoms with Gasteiger partial charge in [-0.3, -0.25) is 0 Å². The van der Waals surface area contributed by atoms with Crippen LogP contribution in [-0.4, -0.2) is 17.1 Å². The molecule has 2 aromatic heterocycles. The highest BCUT2D eigenvalue weighted by atomic mass is 16.5. The molecule has 0 fully saturated rings. The first kappa shape index (κ1) is 14.8. The highest BCUT2D eigenvalue weighted by molar-refractivity contribution is 5.96. The number of pyridine rings is 1. The van der Waals surface area contributed by atoms with Crippen molar-refractivity contribution in [1.82, 2.24) is 9.97 Å². The van der Waals surface area contributed by atoms with E-state index in [2.05, 4.69) is 28.2 Å². The molecule has 1 atom stereocenters. The summed E-state index contributed by atoms with van der Waals surface area (Å²) in [6, 6.07) is 18.0. The van der Waals surface area contributed by atoms with Gasteiger partial charge in [0, 0.05) is 28.4 Å². The molecular formula is C21H17N3O2. The average molecular weight is 343 g/mol. The molecule has 0 saturated carbocycles. The molecule has 0 amide bonds. The molecule has 1 aliphatic rings. The van der Waals surface area contributed by atoms with Gasteiger partial charge in [-0.1, -0.05) is 36.4 Å². The smallest absolute Gasteiger partial charge is 0.226 e. The van der Waals surface area contributed by atoms with Crippen LogP contribution in [0.1, 0.15) is 22.7 Å². The lowest BCUT2D eigenvalue weighted by Gasteiger charge is -2.29. The van der Waals surface area contributed by atoms with E-state index >= 15 is 0 Å². The number of methoxy groups -OCH3 is 1. The quantitative estimate of drug-likeness (QED) is 0.497. The number of aromatic amines is 1. The van der Waals surface area contributed by atoms with Crippen LogP contribution in [0.25, 0.3) is 10.8 Å². The first-order valence-electron chi connectivity index (χ1n) is 8.44. The summed E-state index contributed by atoms with van der Waals surface area (Å²) < 4.78 is 11.7. The Kier molecular flexibility index (Phi) is 3.15. The monoisotopic (exact) mass is 343 g/mol. The number of aromatic nitrogens is 2. The van der Waals surface area contributed by atoms with Crippen LogP contribution in [0, 0.1) is 0 Å². The molecule has 0 saturated heterocycles. The van der Waals surface area contributed by atoms with Gasteiger partial charge in [-0.2, -0.15) is 4.98 Å². The largest absolute Gasteiger partial charge is 0.493 e. The van der Waals surface area contributed by atoms with E-state index in [1.807, 2.05) is 42.6 Å². The Bertz CT molecular complexity index is 1120. The molecule has 5 nitrogen and oxygen atoms in total. The molecule has 3 heterocycles. The van der Waals surface area contributed by atoms with E-state index in [-0.39, 0.29) is 5.92 Å². The fraction of sp³-hybridized carbons (Fsp3) is 0.0952. The highest BCUT2D eigenvalue weighted by Gasteiger charge is 2.34.